The van der Waals surface area contributed by atoms with Crippen LogP contribution in [0.25, 0.3) is 0 Å². The van der Waals surface area contributed by atoms with Crippen molar-refractivity contribution in [2.24, 2.45) is 0 Å². The second-order valence-electron chi connectivity index (χ2n) is 5.54. The monoisotopic (exact) mass is 291 g/mol. The van der Waals surface area contributed by atoms with E-state index in [0.717, 1.165) is 12.8 Å². The van der Waals surface area contributed by atoms with Crippen LogP contribution in [0.3, 0.4) is 0 Å². The van der Waals surface area contributed by atoms with Crippen LogP contribution >= 0.6 is 0 Å². The predicted octanol–water partition coefficient (Wildman–Crippen LogP) is 0.0242. The fourth-order valence-corrected chi connectivity index (χ4v) is 4.65. The average Bonchev–Trinajstić information content (AvgIpc) is 2.37. The lowest BCUT2D eigenvalue weighted by atomic mass is 10.1. The zero-order valence-corrected chi connectivity index (χ0v) is 12.8. The van der Waals surface area contributed by atoms with Gasteiger partial charge in [0.25, 0.3) is 10.2 Å². The molecule has 0 spiro atoms. The molecule has 0 bridgehead atoms. The maximum atomic E-state index is 12.6. The van der Waals surface area contributed by atoms with Crippen molar-refractivity contribution in [1.29, 1.82) is 0 Å². The fourth-order valence-electron chi connectivity index (χ4n) is 2.86. The first-order valence-corrected chi connectivity index (χ1v) is 8.41. The molecular weight excluding hydrogens is 266 g/mol. The lowest BCUT2D eigenvalue weighted by Crippen LogP contribution is -2.55. The van der Waals surface area contributed by atoms with Gasteiger partial charge < -0.3 is 10.1 Å². The lowest BCUT2D eigenvalue weighted by molar-refractivity contribution is -0.0456. The van der Waals surface area contributed by atoms with Crippen LogP contribution in [0.4, 0.5) is 0 Å². The van der Waals surface area contributed by atoms with Gasteiger partial charge in [-0.3, -0.25) is 0 Å². The number of ether oxygens (including phenoxy) is 1. The first kappa shape index (κ1) is 15.2. The van der Waals surface area contributed by atoms with Crippen LogP contribution in [-0.2, 0) is 14.9 Å². The van der Waals surface area contributed by atoms with Crippen molar-refractivity contribution in [1.82, 2.24) is 13.9 Å². The molecule has 0 saturated carbocycles. The zero-order valence-electron chi connectivity index (χ0n) is 12.0. The zero-order chi connectivity index (χ0) is 14.0. The molecule has 2 rings (SSSR count). The minimum Gasteiger partial charge on any atom is -0.373 e. The molecule has 0 aromatic rings. The third kappa shape index (κ3) is 3.46. The van der Waals surface area contributed by atoms with Crippen LogP contribution in [0.2, 0.25) is 0 Å². The van der Waals surface area contributed by atoms with Gasteiger partial charge in [-0.25, -0.2) is 0 Å². The SMILES string of the molecule is CNC1CCN(S(=O)(=O)N2CC(C)OC(C)C2)CC1. The second kappa shape index (κ2) is 6.05. The molecule has 2 aliphatic rings. The van der Waals surface area contributed by atoms with E-state index in [4.69, 9.17) is 4.74 Å². The Kier molecular flexibility index (Phi) is 4.84. The average molecular weight is 291 g/mol. The van der Waals surface area contributed by atoms with Crippen molar-refractivity contribution in [2.75, 3.05) is 33.2 Å². The third-order valence-electron chi connectivity index (χ3n) is 3.90. The first-order chi connectivity index (χ1) is 8.93. The third-order valence-corrected chi connectivity index (χ3v) is 5.87. The van der Waals surface area contributed by atoms with Gasteiger partial charge in [-0.15, -0.1) is 0 Å². The highest BCUT2D eigenvalue weighted by Gasteiger charge is 2.36. The molecule has 0 aliphatic carbocycles. The van der Waals surface area contributed by atoms with E-state index >= 15 is 0 Å². The molecule has 6 nitrogen and oxygen atoms in total. The Morgan fingerprint density at radius 2 is 1.58 bits per heavy atom. The second-order valence-corrected chi connectivity index (χ2v) is 7.47. The molecule has 2 aliphatic heterocycles. The molecule has 2 fully saturated rings. The van der Waals surface area contributed by atoms with Crippen molar-refractivity contribution in [3.63, 3.8) is 0 Å². The van der Waals surface area contributed by atoms with Crippen molar-refractivity contribution in [2.45, 2.75) is 44.9 Å². The van der Waals surface area contributed by atoms with E-state index in [1.165, 1.54) is 0 Å². The normalized spacial score (nSPS) is 32.6. The predicted molar refractivity (Wildman–Crippen MR) is 74.2 cm³/mol. The summed E-state index contributed by atoms with van der Waals surface area (Å²) >= 11 is 0. The summed E-state index contributed by atoms with van der Waals surface area (Å²) in [4.78, 5) is 0. The van der Waals surface area contributed by atoms with Crippen LogP contribution in [0.15, 0.2) is 0 Å². The summed E-state index contributed by atoms with van der Waals surface area (Å²) in [7, 11) is -1.39. The van der Waals surface area contributed by atoms with E-state index in [0.29, 0.717) is 32.2 Å². The summed E-state index contributed by atoms with van der Waals surface area (Å²) in [6, 6.07) is 0.439. The van der Waals surface area contributed by atoms with E-state index < -0.39 is 10.2 Å². The maximum absolute atomic E-state index is 12.6. The molecule has 2 unspecified atom stereocenters. The van der Waals surface area contributed by atoms with Gasteiger partial charge in [0.1, 0.15) is 0 Å². The molecule has 0 amide bonds. The quantitative estimate of drug-likeness (QED) is 0.796. The minimum atomic E-state index is -3.32. The molecule has 2 heterocycles. The van der Waals surface area contributed by atoms with Gasteiger partial charge in [0.05, 0.1) is 12.2 Å². The fraction of sp³-hybridized carbons (Fsp3) is 1.00. The summed E-state index contributed by atoms with van der Waals surface area (Å²) in [6.07, 6.45) is 1.69. The van der Waals surface area contributed by atoms with Crippen molar-refractivity contribution in [3.05, 3.63) is 0 Å². The van der Waals surface area contributed by atoms with Gasteiger partial charge in [-0.2, -0.15) is 17.0 Å². The molecule has 0 aromatic heterocycles. The van der Waals surface area contributed by atoms with Crippen LogP contribution in [-0.4, -0.2) is 68.5 Å². The van der Waals surface area contributed by atoms with Crippen molar-refractivity contribution < 1.29 is 13.2 Å². The van der Waals surface area contributed by atoms with E-state index in [1.54, 1.807) is 8.61 Å². The van der Waals surface area contributed by atoms with Crippen LogP contribution in [0, 0.1) is 0 Å². The van der Waals surface area contributed by atoms with Crippen LogP contribution in [0.1, 0.15) is 26.7 Å². The van der Waals surface area contributed by atoms with E-state index in [1.807, 2.05) is 20.9 Å². The Labute approximate surface area is 116 Å². The van der Waals surface area contributed by atoms with E-state index in [-0.39, 0.29) is 12.2 Å². The van der Waals surface area contributed by atoms with Crippen molar-refractivity contribution in [3.8, 4) is 0 Å². The van der Waals surface area contributed by atoms with Crippen LogP contribution in [0.5, 0.6) is 0 Å². The first-order valence-electron chi connectivity index (χ1n) is 7.01. The number of rotatable bonds is 3. The number of hydrogen-bond acceptors (Lipinski definition) is 4. The Morgan fingerprint density at radius 1 is 1.05 bits per heavy atom. The van der Waals surface area contributed by atoms with Gasteiger partial charge in [0.2, 0.25) is 0 Å². The molecule has 0 aromatic carbocycles. The lowest BCUT2D eigenvalue weighted by Gasteiger charge is -2.39. The summed E-state index contributed by atoms with van der Waals surface area (Å²) in [5.74, 6) is 0. The van der Waals surface area contributed by atoms with Crippen LogP contribution < -0.4 is 5.32 Å². The molecule has 2 saturated heterocycles. The van der Waals surface area contributed by atoms with Gasteiger partial charge in [0, 0.05) is 32.2 Å². The highest BCUT2D eigenvalue weighted by atomic mass is 32.2. The topological polar surface area (TPSA) is 61.9 Å². The van der Waals surface area contributed by atoms with E-state index in [2.05, 4.69) is 5.32 Å². The number of piperidine rings is 1. The molecule has 2 atom stereocenters. The van der Waals surface area contributed by atoms with Gasteiger partial charge in [-0.1, -0.05) is 0 Å². The van der Waals surface area contributed by atoms with Gasteiger partial charge >= 0.3 is 0 Å². The van der Waals surface area contributed by atoms with Crippen molar-refractivity contribution >= 4 is 10.2 Å². The molecule has 1 N–H and O–H groups in total. The number of hydrogen-bond donors (Lipinski definition) is 1. The van der Waals surface area contributed by atoms with Gasteiger partial charge in [0.15, 0.2) is 0 Å². The smallest absolute Gasteiger partial charge is 0.282 e. The highest BCUT2D eigenvalue weighted by molar-refractivity contribution is 7.86. The molecular formula is C12H25N3O3S. The number of nitrogens with zero attached hydrogens (tertiary/aromatic N) is 2. The largest absolute Gasteiger partial charge is 0.373 e. The Balaban J connectivity index is 2.02. The summed E-state index contributed by atoms with van der Waals surface area (Å²) in [5.41, 5.74) is 0. The maximum Gasteiger partial charge on any atom is 0.282 e. The Hall–Kier alpha value is -0.210. The highest BCUT2D eigenvalue weighted by Crippen LogP contribution is 2.20. The Bertz CT molecular complexity index is 383. The van der Waals surface area contributed by atoms with Gasteiger partial charge in [-0.05, 0) is 33.7 Å². The minimum absolute atomic E-state index is 0.0339. The molecule has 112 valence electrons. The summed E-state index contributed by atoms with van der Waals surface area (Å²) in [6.45, 7) is 5.97. The molecule has 7 heteroatoms. The standard InChI is InChI=1S/C12H25N3O3S/c1-10-8-15(9-11(2)18-10)19(16,17)14-6-4-12(13-3)5-7-14/h10-13H,4-9H2,1-3H3. The molecule has 19 heavy (non-hydrogen) atoms. The Morgan fingerprint density at radius 3 is 2.05 bits per heavy atom. The summed E-state index contributed by atoms with van der Waals surface area (Å²) < 4.78 is 34.0. The number of morpholine rings is 1. The van der Waals surface area contributed by atoms with E-state index in [9.17, 15) is 8.42 Å². The molecule has 0 radical (unpaired) electrons. The summed E-state index contributed by atoms with van der Waals surface area (Å²) in [5, 5.41) is 3.21. The number of nitrogens with one attached hydrogen (secondary N) is 1.